The Labute approximate surface area is 155 Å². The van der Waals surface area contributed by atoms with Gasteiger partial charge in [0.25, 0.3) is 0 Å². The molecule has 0 spiro atoms. The van der Waals surface area contributed by atoms with Crippen molar-refractivity contribution in [1.29, 1.82) is 0 Å². The molecule has 2 amide bonds. The fourth-order valence-corrected chi connectivity index (χ4v) is 3.07. The number of hydrogen-bond donors (Lipinski definition) is 1. The molecular formula is C20H28N2O4. The van der Waals surface area contributed by atoms with Crippen molar-refractivity contribution in [1.82, 2.24) is 5.32 Å². The van der Waals surface area contributed by atoms with Crippen molar-refractivity contribution >= 4 is 17.5 Å². The Morgan fingerprint density at radius 3 is 2.62 bits per heavy atom. The maximum absolute atomic E-state index is 12.3. The smallest absolute Gasteiger partial charge is 0.240 e. The van der Waals surface area contributed by atoms with E-state index in [4.69, 9.17) is 9.47 Å². The molecule has 0 saturated carbocycles. The molecule has 0 heterocycles. The number of carbonyl (C=O) groups excluding carboxylic acids is 2. The third-order valence-electron chi connectivity index (χ3n) is 4.51. The van der Waals surface area contributed by atoms with Gasteiger partial charge in [-0.15, -0.1) is 0 Å². The number of nitrogens with zero attached hydrogens (tertiary/aromatic N) is 1. The molecule has 1 aromatic carbocycles. The summed E-state index contributed by atoms with van der Waals surface area (Å²) in [6.45, 7) is 1.98. The molecule has 142 valence electrons. The number of amides is 2. The first-order valence-electron chi connectivity index (χ1n) is 9.00. The molecule has 0 atom stereocenters. The summed E-state index contributed by atoms with van der Waals surface area (Å²) < 4.78 is 10.5. The van der Waals surface area contributed by atoms with Crippen LogP contribution in [0.4, 0.5) is 5.69 Å². The minimum Gasteiger partial charge on any atom is -0.497 e. The molecule has 1 aliphatic carbocycles. The molecule has 2 rings (SSSR count). The number of hydrogen-bond acceptors (Lipinski definition) is 4. The number of ether oxygens (including phenoxy) is 2. The third kappa shape index (κ3) is 5.51. The maximum atomic E-state index is 12.3. The van der Waals surface area contributed by atoms with E-state index in [0.29, 0.717) is 23.7 Å². The predicted molar refractivity (Wildman–Crippen MR) is 102 cm³/mol. The predicted octanol–water partition coefficient (Wildman–Crippen LogP) is 3.06. The second kappa shape index (κ2) is 9.85. The lowest BCUT2D eigenvalue weighted by molar-refractivity contribution is -0.123. The van der Waals surface area contributed by atoms with E-state index in [1.807, 2.05) is 0 Å². The third-order valence-corrected chi connectivity index (χ3v) is 4.51. The quantitative estimate of drug-likeness (QED) is 0.724. The Kier molecular flexibility index (Phi) is 7.51. The highest BCUT2D eigenvalue weighted by molar-refractivity contribution is 5.98. The molecule has 6 heteroatoms. The van der Waals surface area contributed by atoms with E-state index in [0.717, 1.165) is 19.3 Å². The van der Waals surface area contributed by atoms with Crippen LogP contribution in [0.1, 0.15) is 39.0 Å². The summed E-state index contributed by atoms with van der Waals surface area (Å²) in [7, 11) is 3.08. The zero-order valence-electron chi connectivity index (χ0n) is 15.8. The van der Waals surface area contributed by atoms with Crippen molar-refractivity contribution in [2.24, 2.45) is 0 Å². The number of rotatable bonds is 8. The maximum Gasteiger partial charge on any atom is 0.240 e. The SMILES string of the molecule is COc1ccc(N(CC(=O)NCCC2=CCCCC2)C(C)=O)c(OC)c1. The van der Waals surface area contributed by atoms with Gasteiger partial charge in [-0.3, -0.25) is 14.5 Å². The summed E-state index contributed by atoms with van der Waals surface area (Å²) in [5.41, 5.74) is 1.96. The van der Waals surface area contributed by atoms with E-state index < -0.39 is 0 Å². The van der Waals surface area contributed by atoms with Crippen molar-refractivity contribution in [3.8, 4) is 11.5 Å². The van der Waals surface area contributed by atoms with Gasteiger partial charge in [-0.25, -0.2) is 0 Å². The van der Waals surface area contributed by atoms with Gasteiger partial charge in [-0.2, -0.15) is 0 Å². The Balaban J connectivity index is 1.98. The van der Waals surface area contributed by atoms with Gasteiger partial charge in [0.2, 0.25) is 11.8 Å². The van der Waals surface area contributed by atoms with Crippen LogP contribution in [0, 0.1) is 0 Å². The van der Waals surface area contributed by atoms with E-state index in [1.54, 1.807) is 25.3 Å². The van der Waals surface area contributed by atoms with Crippen LogP contribution in [-0.4, -0.2) is 39.1 Å². The van der Waals surface area contributed by atoms with Gasteiger partial charge in [0.15, 0.2) is 0 Å². The lowest BCUT2D eigenvalue weighted by Crippen LogP contribution is -2.40. The Morgan fingerprint density at radius 2 is 2.00 bits per heavy atom. The highest BCUT2D eigenvalue weighted by Gasteiger charge is 2.20. The molecule has 6 nitrogen and oxygen atoms in total. The zero-order valence-corrected chi connectivity index (χ0v) is 15.8. The summed E-state index contributed by atoms with van der Waals surface area (Å²) in [4.78, 5) is 25.8. The van der Waals surface area contributed by atoms with Crippen LogP contribution in [0.5, 0.6) is 11.5 Å². The van der Waals surface area contributed by atoms with Gasteiger partial charge >= 0.3 is 0 Å². The van der Waals surface area contributed by atoms with Crippen LogP contribution in [0.15, 0.2) is 29.8 Å². The molecule has 0 bridgehead atoms. The summed E-state index contributed by atoms with van der Waals surface area (Å²) >= 11 is 0. The molecule has 0 radical (unpaired) electrons. The second-order valence-corrected chi connectivity index (χ2v) is 6.35. The molecule has 0 unspecified atom stereocenters. The largest absolute Gasteiger partial charge is 0.497 e. The topological polar surface area (TPSA) is 67.9 Å². The van der Waals surface area contributed by atoms with Crippen LogP contribution >= 0.6 is 0 Å². The molecule has 0 fully saturated rings. The fourth-order valence-electron chi connectivity index (χ4n) is 3.07. The first-order valence-corrected chi connectivity index (χ1v) is 9.00. The summed E-state index contributed by atoms with van der Waals surface area (Å²) in [5, 5.41) is 2.91. The minimum absolute atomic E-state index is 0.0446. The van der Waals surface area contributed by atoms with E-state index in [2.05, 4.69) is 11.4 Å². The Hall–Kier alpha value is -2.50. The minimum atomic E-state index is -0.224. The molecule has 1 aromatic rings. The normalized spacial score (nSPS) is 13.6. The molecule has 1 N–H and O–H groups in total. The lowest BCUT2D eigenvalue weighted by atomic mass is 9.97. The van der Waals surface area contributed by atoms with Gasteiger partial charge in [-0.05, 0) is 44.2 Å². The van der Waals surface area contributed by atoms with Crippen molar-refractivity contribution in [2.45, 2.75) is 39.0 Å². The van der Waals surface area contributed by atoms with Gasteiger partial charge in [0, 0.05) is 19.5 Å². The molecular weight excluding hydrogens is 332 g/mol. The zero-order chi connectivity index (χ0) is 18.9. The van der Waals surface area contributed by atoms with Gasteiger partial charge in [-0.1, -0.05) is 11.6 Å². The molecule has 1 aliphatic rings. The van der Waals surface area contributed by atoms with E-state index in [9.17, 15) is 9.59 Å². The van der Waals surface area contributed by atoms with Gasteiger partial charge in [0.1, 0.15) is 18.0 Å². The van der Waals surface area contributed by atoms with Crippen molar-refractivity contribution < 1.29 is 19.1 Å². The standard InChI is InChI=1S/C20H28N2O4/c1-15(23)22(18-10-9-17(25-2)13-19(18)26-3)14-20(24)21-12-11-16-7-5-4-6-8-16/h7,9-10,13H,4-6,8,11-12,14H2,1-3H3,(H,21,24). The number of nitrogens with one attached hydrogen (secondary N) is 1. The summed E-state index contributed by atoms with van der Waals surface area (Å²) in [6, 6.07) is 5.15. The van der Waals surface area contributed by atoms with E-state index in [-0.39, 0.29) is 18.4 Å². The molecule has 0 saturated heterocycles. The van der Waals surface area contributed by atoms with E-state index in [1.165, 1.54) is 37.3 Å². The van der Waals surface area contributed by atoms with Crippen LogP contribution in [0.25, 0.3) is 0 Å². The monoisotopic (exact) mass is 360 g/mol. The van der Waals surface area contributed by atoms with E-state index >= 15 is 0 Å². The number of carbonyl (C=O) groups is 2. The first-order chi connectivity index (χ1) is 12.5. The fraction of sp³-hybridized carbons (Fsp3) is 0.500. The number of allylic oxidation sites excluding steroid dienone is 1. The highest BCUT2D eigenvalue weighted by Crippen LogP contribution is 2.32. The summed E-state index contributed by atoms with van der Waals surface area (Å²) in [5.74, 6) is 0.701. The first kappa shape index (κ1) is 19.8. The molecule has 26 heavy (non-hydrogen) atoms. The van der Waals surface area contributed by atoms with Gasteiger partial charge in [0.05, 0.1) is 19.9 Å². The average molecular weight is 360 g/mol. The lowest BCUT2D eigenvalue weighted by Gasteiger charge is -2.23. The number of methoxy groups -OCH3 is 2. The van der Waals surface area contributed by atoms with Crippen molar-refractivity contribution in [3.63, 3.8) is 0 Å². The summed E-state index contributed by atoms with van der Waals surface area (Å²) in [6.07, 6.45) is 7.90. The highest BCUT2D eigenvalue weighted by atomic mass is 16.5. The number of anilines is 1. The van der Waals surface area contributed by atoms with Gasteiger partial charge < -0.3 is 14.8 Å². The Bertz CT molecular complexity index is 670. The van der Waals surface area contributed by atoms with Crippen LogP contribution < -0.4 is 19.7 Å². The molecule has 0 aromatic heterocycles. The van der Waals surface area contributed by atoms with Crippen LogP contribution in [0.3, 0.4) is 0 Å². The second-order valence-electron chi connectivity index (χ2n) is 6.35. The number of benzene rings is 1. The average Bonchev–Trinajstić information content (AvgIpc) is 2.66. The van der Waals surface area contributed by atoms with Crippen molar-refractivity contribution in [3.05, 3.63) is 29.8 Å². The Morgan fingerprint density at radius 1 is 1.19 bits per heavy atom. The van der Waals surface area contributed by atoms with Crippen LogP contribution in [0.2, 0.25) is 0 Å². The molecule has 0 aliphatic heterocycles. The van der Waals surface area contributed by atoms with Crippen LogP contribution in [-0.2, 0) is 9.59 Å². The van der Waals surface area contributed by atoms with Crippen molar-refractivity contribution in [2.75, 3.05) is 32.2 Å².